The topological polar surface area (TPSA) is 38.4 Å². The van der Waals surface area contributed by atoms with Crippen molar-refractivity contribution in [1.82, 2.24) is 0 Å². The van der Waals surface area contributed by atoms with Crippen molar-refractivity contribution in [1.29, 1.82) is 0 Å². The van der Waals surface area contributed by atoms with Crippen molar-refractivity contribution in [2.45, 2.75) is 39.8 Å². The summed E-state index contributed by atoms with van der Waals surface area (Å²) in [7, 11) is 2.31. The van der Waals surface area contributed by atoms with Crippen LogP contribution in [0.4, 0.5) is 5.82 Å². The standard InChI is InChI=1S/C21H32N4S/c1-17(2)14-19-7-8-20(26-19)16-22-15-18-6-4-9-23-21(18)25-11-5-10-24(3)12-13-25/h4,6-9,17,22H,5,10-16H2,1-3H3/p+3. The van der Waals surface area contributed by atoms with Gasteiger partial charge in [-0.1, -0.05) is 13.8 Å². The number of anilines is 1. The molecule has 0 saturated carbocycles. The fourth-order valence-electron chi connectivity index (χ4n) is 3.69. The molecule has 1 unspecified atom stereocenters. The average molecular weight is 376 g/mol. The van der Waals surface area contributed by atoms with Gasteiger partial charge in [0.15, 0.2) is 0 Å². The van der Waals surface area contributed by atoms with Crippen molar-refractivity contribution in [3.63, 3.8) is 0 Å². The number of hydrogen-bond donors (Lipinski definition) is 2. The van der Waals surface area contributed by atoms with Crippen molar-refractivity contribution in [3.8, 4) is 0 Å². The van der Waals surface area contributed by atoms with Gasteiger partial charge in [-0.2, -0.15) is 0 Å². The molecule has 0 aliphatic carbocycles. The minimum atomic E-state index is 0.738. The van der Waals surface area contributed by atoms with Gasteiger partial charge in [-0.05, 0) is 36.6 Å². The number of thiophene rings is 1. The van der Waals surface area contributed by atoms with E-state index < -0.39 is 0 Å². The molecule has 0 aromatic carbocycles. The van der Waals surface area contributed by atoms with Crippen molar-refractivity contribution in [2.75, 3.05) is 38.1 Å². The van der Waals surface area contributed by atoms with Crippen LogP contribution in [0.5, 0.6) is 0 Å². The molecule has 0 bridgehead atoms. The highest BCUT2D eigenvalue weighted by atomic mass is 32.1. The van der Waals surface area contributed by atoms with Crippen molar-refractivity contribution in [3.05, 3.63) is 45.8 Å². The van der Waals surface area contributed by atoms with Crippen molar-refractivity contribution >= 4 is 17.2 Å². The van der Waals surface area contributed by atoms with Crippen molar-refractivity contribution in [2.24, 2.45) is 5.92 Å². The minimum Gasteiger partial charge on any atom is -0.338 e. The number of rotatable bonds is 7. The second-order valence-corrected chi connectivity index (χ2v) is 9.26. The zero-order valence-corrected chi connectivity index (χ0v) is 17.4. The molecule has 3 heterocycles. The van der Waals surface area contributed by atoms with E-state index in [-0.39, 0.29) is 0 Å². The van der Waals surface area contributed by atoms with Gasteiger partial charge < -0.3 is 10.2 Å². The second kappa shape index (κ2) is 9.49. The third-order valence-electron chi connectivity index (χ3n) is 5.11. The lowest BCUT2D eigenvalue weighted by Gasteiger charge is -2.15. The van der Waals surface area contributed by atoms with Crippen molar-refractivity contribution < 1.29 is 15.2 Å². The predicted molar refractivity (Wildman–Crippen MR) is 109 cm³/mol. The first kappa shape index (κ1) is 19.3. The summed E-state index contributed by atoms with van der Waals surface area (Å²) in [5.41, 5.74) is 1.42. The molecular formula is C21H35N4S+3. The normalized spacial score (nSPS) is 18.3. The van der Waals surface area contributed by atoms with Crippen LogP contribution in [-0.2, 0) is 19.5 Å². The summed E-state index contributed by atoms with van der Waals surface area (Å²) in [6.07, 6.45) is 4.54. The molecule has 0 amide bonds. The Bertz CT molecular complexity index is 682. The third kappa shape index (κ3) is 5.53. The number of H-pyrrole nitrogens is 1. The highest BCUT2D eigenvalue weighted by molar-refractivity contribution is 7.11. The van der Waals surface area contributed by atoms with Crippen LogP contribution in [0.25, 0.3) is 0 Å². The molecule has 5 heteroatoms. The molecule has 142 valence electrons. The van der Waals surface area contributed by atoms with E-state index in [9.17, 15) is 0 Å². The number of nitrogens with one attached hydrogen (secondary N) is 2. The van der Waals surface area contributed by atoms with Gasteiger partial charge in [-0.15, -0.1) is 11.3 Å². The Kier molecular flexibility index (Phi) is 7.06. The Morgan fingerprint density at radius 1 is 1.15 bits per heavy atom. The number of hydrogen-bond acceptors (Lipinski definition) is 2. The molecule has 2 aromatic heterocycles. The summed E-state index contributed by atoms with van der Waals surface area (Å²) in [5.74, 6) is 2.06. The lowest BCUT2D eigenvalue weighted by molar-refractivity contribution is -0.876. The van der Waals surface area contributed by atoms with Crippen LogP contribution in [-0.4, -0.2) is 33.2 Å². The SMILES string of the molecule is CC(C)Cc1ccc(C[NH2+]Cc2ccc[nH+]c2N2CCC[NH+](C)CC2)s1. The molecule has 2 aromatic rings. The molecular weight excluding hydrogens is 340 g/mol. The van der Waals surface area contributed by atoms with Crippen LogP contribution >= 0.6 is 11.3 Å². The molecule has 4 nitrogen and oxygen atoms in total. The lowest BCUT2D eigenvalue weighted by Crippen LogP contribution is -3.09. The minimum absolute atomic E-state index is 0.738. The van der Waals surface area contributed by atoms with Gasteiger partial charge in [0.2, 0.25) is 0 Å². The fourth-order valence-corrected chi connectivity index (χ4v) is 4.92. The number of pyridine rings is 1. The first-order valence-corrected chi connectivity index (χ1v) is 10.9. The van der Waals surface area contributed by atoms with Crippen LogP contribution in [0.1, 0.15) is 35.6 Å². The van der Waals surface area contributed by atoms with E-state index in [2.05, 4.69) is 66.6 Å². The first-order chi connectivity index (χ1) is 12.6. The largest absolute Gasteiger partial charge is 0.338 e. The Morgan fingerprint density at radius 3 is 2.85 bits per heavy atom. The maximum Gasteiger partial charge on any atom is 0.283 e. The third-order valence-corrected chi connectivity index (χ3v) is 6.24. The van der Waals surface area contributed by atoms with E-state index in [1.54, 1.807) is 4.90 Å². The zero-order chi connectivity index (χ0) is 18.4. The van der Waals surface area contributed by atoms with Gasteiger partial charge >= 0.3 is 0 Å². The summed E-state index contributed by atoms with van der Waals surface area (Å²) in [5, 5.41) is 2.44. The number of likely N-dealkylation sites (N-methyl/N-ethyl adjacent to an activating group) is 1. The highest BCUT2D eigenvalue weighted by Gasteiger charge is 2.24. The Morgan fingerprint density at radius 2 is 2.00 bits per heavy atom. The van der Waals surface area contributed by atoms with Gasteiger partial charge in [0.1, 0.15) is 26.2 Å². The summed E-state index contributed by atoms with van der Waals surface area (Å²) in [6.45, 7) is 11.5. The number of aromatic amines is 1. The fraction of sp³-hybridized carbons (Fsp3) is 0.571. The maximum atomic E-state index is 3.52. The highest BCUT2D eigenvalue weighted by Crippen LogP contribution is 2.19. The van der Waals surface area contributed by atoms with Gasteiger partial charge in [-0.25, -0.2) is 4.98 Å². The Hall–Kier alpha value is -1.43. The molecule has 1 saturated heterocycles. The Labute approximate surface area is 162 Å². The average Bonchev–Trinajstić information content (AvgIpc) is 2.93. The molecule has 1 aliphatic rings. The first-order valence-electron chi connectivity index (χ1n) is 10.1. The molecule has 4 N–H and O–H groups in total. The summed E-state index contributed by atoms with van der Waals surface area (Å²) >= 11 is 1.98. The van der Waals surface area contributed by atoms with Gasteiger partial charge in [0.05, 0.1) is 36.8 Å². The molecule has 0 spiro atoms. The Balaban J connectivity index is 1.57. The van der Waals surface area contributed by atoms with Crippen LogP contribution in [0.15, 0.2) is 30.5 Å². The van der Waals surface area contributed by atoms with E-state index in [0.717, 1.165) is 32.1 Å². The number of nitrogens with two attached hydrogens (primary N) is 1. The van der Waals surface area contributed by atoms with Gasteiger partial charge in [-0.3, -0.25) is 4.90 Å². The summed E-state index contributed by atoms with van der Waals surface area (Å²) in [4.78, 5) is 10.7. The molecule has 1 aliphatic heterocycles. The quantitative estimate of drug-likeness (QED) is 0.736. The molecule has 0 radical (unpaired) electrons. The summed E-state index contributed by atoms with van der Waals surface area (Å²) in [6, 6.07) is 9.03. The van der Waals surface area contributed by atoms with E-state index >= 15 is 0 Å². The van der Waals surface area contributed by atoms with Gasteiger partial charge in [0.25, 0.3) is 5.82 Å². The molecule has 1 fully saturated rings. The number of nitrogens with zero attached hydrogens (tertiary/aromatic N) is 1. The maximum absolute atomic E-state index is 3.52. The van der Waals surface area contributed by atoms with E-state index in [4.69, 9.17) is 0 Å². The van der Waals surface area contributed by atoms with Crippen LogP contribution in [0.2, 0.25) is 0 Å². The zero-order valence-electron chi connectivity index (χ0n) is 16.6. The smallest absolute Gasteiger partial charge is 0.283 e. The second-order valence-electron chi connectivity index (χ2n) is 8.00. The number of quaternary nitrogens is 2. The molecule has 1 atom stereocenters. The van der Waals surface area contributed by atoms with E-state index in [0.29, 0.717) is 0 Å². The van der Waals surface area contributed by atoms with Crippen LogP contribution < -0.4 is 20.1 Å². The van der Waals surface area contributed by atoms with Gasteiger partial charge in [0, 0.05) is 11.3 Å². The van der Waals surface area contributed by atoms with E-state index in [1.165, 1.54) is 47.1 Å². The molecule has 26 heavy (non-hydrogen) atoms. The monoisotopic (exact) mass is 375 g/mol. The van der Waals surface area contributed by atoms with E-state index in [1.807, 2.05) is 11.3 Å². The van der Waals surface area contributed by atoms with Crippen LogP contribution in [0.3, 0.4) is 0 Å². The van der Waals surface area contributed by atoms with Crippen LogP contribution in [0, 0.1) is 5.92 Å². The lowest BCUT2D eigenvalue weighted by atomic mass is 10.1. The number of aromatic nitrogens is 1. The molecule has 3 rings (SSSR count). The summed E-state index contributed by atoms with van der Waals surface area (Å²) < 4.78 is 0. The predicted octanol–water partition coefficient (Wildman–Crippen LogP) is 0.749.